The highest BCUT2D eigenvalue weighted by molar-refractivity contribution is 6.34. The summed E-state index contributed by atoms with van der Waals surface area (Å²) < 4.78 is 0. The van der Waals surface area contributed by atoms with Crippen LogP contribution in [0.25, 0.3) is 0 Å². The number of anilines is 1. The van der Waals surface area contributed by atoms with Gasteiger partial charge in [0.1, 0.15) is 12.0 Å². The molecule has 1 atom stereocenters. The highest BCUT2D eigenvalue weighted by Gasteiger charge is 2.12. The highest BCUT2D eigenvalue weighted by Crippen LogP contribution is 2.24. The van der Waals surface area contributed by atoms with Gasteiger partial charge in [0, 0.05) is 22.7 Å². The zero-order valence-corrected chi connectivity index (χ0v) is 13.1. The molecule has 2 N–H and O–H groups in total. The number of benzene rings is 1. The van der Waals surface area contributed by atoms with Crippen molar-refractivity contribution in [2.75, 3.05) is 11.9 Å². The molecular weight excluding hydrogens is 329 g/mol. The van der Waals surface area contributed by atoms with E-state index in [0.717, 1.165) is 6.20 Å². The van der Waals surface area contributed by atoms with Crippen molar-refractivity contribution < 1.29 is 10.0 Å². The third-order valence-electron chi connectivity index (χ3n) is 3.01. The molecule has 116 valence electrons. The number of aliphatic hydroxyl groups is 1. The second-order valence-electron chi connectivity index (χ2n) is 4.72. The van der Waals surface area contributed by atoms with Gasteiger partial charge in [0.05, 0.1) is 11.0 Å². The van der Waals surface area contributed by atoms with Gasteiger partial charge in [-0.1, -0.05) is 23.2 Å². The van der Waals surface area contributed by atoms with Gasteiger partial charge in [-0.25, -0.2) is 4.98 Å². The Hall–Kier alpha value is -1.89. The van der Waals surface area contributed by atoms with Gasteiger partial charge < -0.3 is 10.4 Å². The lowest BCUT2D eigenvalue weighted by Gasteiger charge is -2.14. The van der Waals surface area contributed by atoms with Crippen LogP contribution in [0.3, 0.4) is 0 Å². The first-order chi connectivity index (χ1) is 10.4. The number of aliphatic hydroxyl groups excluding tert-OH is 1. The van der Waals surface area contributed by atoms with Crippen LogP contribution in [0, 0.1) is 17.0 Å². The first-order valence-corrected chi connectivity index (χ1v) is 7.11. The zero-order valence-electron chi connectivity index (χ0n) is 11.6. The molecule has 0 fully saturated rings. The number of halogens is 2. The third-order valence-corrected chi connectivity index (χ3v) is 3.44. The average molecular weight is 342 g/mol. The number of nitro groups is 1. The lowest BCUT2D eigenvalue weighted by atomic mass is 10.1. The van der Waals surface area contributed by atoms with E-state index in [9.17, 15) is 15.2 Å². The number of hydrogen-bond acceptors (Lipinski definition) is 5. The van der Waals surface area contributed by atoms with E-state index in [0.29, 0.717) is 27.0 Å². The Balaban J connectivity index is 2.07. The van der Waals surface area contributed by atoms with E-state index in [4.69, 9.17) is 23.2 Å². The monoisotopic (exact) mass is 341 g/mol. The Morgan fingerprint density at radius 2 is 1.95 bits per heavy atom. The van der Waals surface area contributed by atoms with Crippen molar-refractivity contribution >= 4 is 34.7 Å². The maximum atomic E-state index is 10.7. The fourth-order valence-corrected chi connectivity index (χ4v) is 2.47. The standard InChI is InChI=1S/C14H13Cl2N3O3/c1-8-2-12(19(21)22)6-17-14(8)18-7-13(20)9-3-10(15)5-11(16)4-9/h2-6,13,20H,7H2,1H3,(H,17,18). The maximum Gasteiger partial charge on any atom is 0.287 e. The quantitative estimate of drug-likeness (QED) is 0.638. The molecule has 1 unspecified atom stereocenters. The van der Waals surface area contributed by atoms with Crippen LogP contribution in [-0.2, 0) is 0 Å². The van der Waals surface area contributed by atoms with Crippen molar-refractivity contribution in [2.45, 2.75) is 13.0 Å². The van der Waals surface area contributed by atoms with Crippen LogP contribution >= 0.6 is 23.2 Å². The molecule has 8 heteroatoms. The summed E-state index contributed by atoms with van der Waals surface area (Å²) in [7, 11) is 0. The minimum atomic E-state index is -0.840. The maximum absolute atomic E-state index is 10.7. The smallest absolute Gasteiger partial charge is 0.287 e. The minimum Gasteiger partial charge on any atom is -0.387 e. The number of aryl methyl sites for hydroxylation is 1. The zero-order chi connectivity index (χ0) is 16.3. The normalized spacial score (nSPS) is 12.0. The Morgan fingerprint density at radius 1 is 1.32 bits per heavy atom. The minimum absolute atomic E-state index is 0.0785. The van der Waals surface area contributed by atoms with Crippen molar-refractivity contribution in [3.05, 3.63) is 61.7 Å². The summed E-state index contributed by atoms with van der Waals surface area (Å²) in [6.07, 6.45) is 0.324. The molecule has 0 aliphatic carbocycles. The predicted octanol–water partition coefficient (Wildman–Crippen LogP) is 3.75. The van der Waals surface area contributed by atoms with Crippen molar-refractivity contribution in [1.29, 1.82) is 0 Å². The molecule has 0 saturated heterocycles. The lowest BCUT2D eigenvalue weighted by molar-refractivity contribution is -0.385. The molecular formula is C14H13Cl2N3O3. The molecule has 1 aromatic heterocycles. The number of aromatic nitrogens is 1. The van der Waals surface area contributed by atoms with Gasteiger partial charge in [0.25, 0.3) is 5.69 Å². The van der Waals surface area contributed by atoms with Crippen LogP contribution in [-0.4, -0.2) is 21.6 Å². The molecule has 1 heterocycles. The van der Waals surface area contributed by atoms with Crippen LogP contribution in [0.1, 0.15) is 17.2 Å². The van der Waals surface area contributed by atoms with Crippen molar-refractivity contribution in [2.24, 2.45) is 0 Å². The lowest BCUT2D eigenvalue weighted by Crippen LogP contribution is -2.14. The molecule has 1 aromatic carbocycles. The van der Waals surface area contributed by atoms with Gasteiger partial charge in [0.15, 0.2) is 0 Å². The number of hydrogen-bond donors (Lipinski definition) is 2. The SMILES string of the molecule is Cc1cc([N+](=O)[O-])cnc1NCC(O)c1cc(Cl)cc(Cl)c1. The number of pyridine rings is 1. The van der Waals surface area contributed by atoms with Gasteiger partial charge in [-0.3, -0.25) is 10.1 Å². The Kier molecular flexibility index (Phi) is 5.18. The number of nitrogens with zero attached hydrogens (tertiary/aromatic N) is 2. The van der Waals surface area contributed by atoms with E-state index in [1.165, 1.54) is 6.07 Å². The molecule has 0 saturated carbocycles. The second-order valence-corrected chi connectivity index (χ2v) is 5.59. The van der Waals surface area contributed by atoms with Gasteiger partial charge in [-0.05, 0) is 36.2 Å². The molecule has 0 amide bonds. The molecule has 2 aromatic rings. The summed E-state index contributed by atoms with van der Waals surface area (Å²) in [6, 6.07) is 6.23. The Bertz CT molecular complexity index is 689. The van der Waals surface area contributed by atoms with E-state index in [-0.39, 0.29) is 12.2 Å². The Morgan fingerprint density at radius 3 is 2.50 bits per heavy atom. The predicted molar refractivity (Wildman–Crippen MR) is 85.5 cm³/mol. The van der Waals surface area contributed by atoms with Crippen LogP contribution in [0.15, 0.2) is 30.5 Å². The van der Waals surface area contributed by atoms with E-state index in [1.807, 2.05) is 0 Å². The number of nitrogens with one attached hydrogen (secondary N) is 1. The molecule has 0 aliphatic rings. The molecule has 0 bridgehead atoms. The largest absolute Gasteiger partial charge is 0.387 e. The molecule has 22 heavy (non-hydrogen) atoms. The summed E-state index contributed by atoms with van der Waals surface area (Å²) >= 11 is 11.8. The van der Waals surface area contributed by atoms with E-state index in [1.54, 1.807) is 25.1 Å². The number of rotatable bonds is 5. The molecule has 0 spiro atoms. The molecule has 0 aliphatic heterocycles. The van der Waals surface area contributed by atoms with Gasteiger partial charge >= 0.3 is 0 Å². The van der Waals surface area contributed by atoms with Crippen molar-refractivity contribution in [3.8, 4) is 0 Å². The van der Waals surface area contributed by atoms with Gasteiger partial charge in [-0.2, -0.15) is 0 Å². The fraction of sp³-hybridized carbons (Fsp3) is 0.214. The van der Waals surface area contributed by atoms with Crippen LogP contribution in [0.5, 0.6) is 0 Å². The summed E-state index contributed by atoms with van der Waals surface area (Å²) in [5.41, 5.74) is 1.11. The van der Waals surface area contributed by atoms with Crippen molar-refractivity contribution in [3.63, 3.8) is 0 Å². The van der Waals surface area contributed by atoms with E-state index < -0.39 is 11.0 Å². The van der Waals surface area contributed by atoms with E-state index >= 15 is 0 Å². The van der Waals surface area contributed by atoms with Crippen LogP contribution in [0.4, 0.5) is 11.5 Å². The van der Waals surface area contributed by atoms with E-state index in [2.05, 4.69) is 10.3 Å². The first-order valence-electron chi connectivity index (χ1n) is 6.36. The fourth-order valence-electron chi connectivity index (χ4n) is 1.92. The van der Waals surface area contributed by atoms with Crippen LogP contribution in [0.2, 0.25) is 10.0 Å². The summed E-state index contributed by atoms with van der Waals surface area (Å²) in [4.78, 5) is 14.1. The summed E-state index contributed by atoms with van der Waals surface area (Å²) in [5, 5.41) is 24.6. The Labute approximate surface area is 136 Å². The molecule has 2 rings (SSSR count). The first kappa shape index (κ1) is 16.5. The van der Waals surface area contributed by atoms with Gasteiger partial charge in [-0.15, -0.1) is 0 Å². The van der Waals surface area contributed by atoms with Crippen LogP contribution < -0.4 is 5.32 Å². The second kappa shape index (κ2) is 6.91. The third kappa shape index (κ3) is 4.07. The summed E-state index contributed by atoms with van der Waals surface area (Å²) in [6.45, 7) is 1.87. The highest BCUT2D eigenvalue weighted by atomic mass is 35.5. The van der Waals surface area contributed by atoms with Gasteiger partial charge in [0.2, 0.25) is 0 Å². The summed E-state index contributed by atoms with van der Waals surface area (Å²) in [5.74, 6) is 0.470. The average Bonchev–Trinajstić information content (AvgIpc) is 2.44. The molecule has 0 radical (unpaired) electrons. The van der Waals surface area contributed by atoms with Crippen molar-refractivity contribution in [1.82, 2.24) is 4.98 Å². The topological polar surface area (TPSA) is 88.3 Å². The molecule has 6 nitrogen and oxygen atoms in total.